The summed E-state index contributed by atoms with van der Waals surface area (Å²) in [4.78, 5) is 5.84. The third-order valence-electron chi connectivity index (χ3n) is 2.67. The molecule has 82 valence electrons. The van der Waals surface area contributed by atoms with Gasteiger partial charge in [-0.1, -0.05) is 6.07 Å². The molecule has 0 atom stereocenters. The highest BCUT2D eigenvalue weighted by Gasteiger charge is 2.35. The van der Waals surface area contributed by atoms with Crippen LogP contribution in [0.1, 0.15) is 18.4 Å². The summed E-state index contributed by atoms with van der Waals surface area (Å²) in [7, 11) is 0. The standard InChI is InChI=1S/C11H14F2N2/c1-9-4-2-6-14-10(9)15-7-3-5-11(12,13)8-15/h2,4,6H,3,5,7-8H2,1H3. The second kappa shape index (κ2) is 3.76. The first-order chi connectivity index (χ1) is 7.08. The van der Waals surface area contributed by atoms with Crippen molar-refractivity contribution in [2.75, 3.05) is 18.0 Å². The summed E-state index contributed by atoms with van der Waals surface area (Å²) in [5.41, 5.74) is 0.954. The Hall–Kier alpha value is -1.19. The van der Waals surface area contributed by atoms with Gasteiger partial charge < -0.3 is 4.90 Å². The summed E-state index contributed by atoms with van der Waals surface area (Å²) < 4.78 is 26.4. The molecule has 4 heteroatoms. The number of piperidine rings is 1. The Morgan fingerprint density at radius 2 is 2.27 bits per heavy atom. The maximum absolute atomic E-state index is 13.2. The van der Waals surface area contributed by atoms with Crippen LogP contribution in [0.4, 0.5) is 14.6 Å². The zero-order chi connectivity index (χ0) is 10.9. The molecule has 15 heavy (non-hydrogen) atoms. The Kier molecular flexibility index (Phi) is 2.59. The van der Waals surface area contributed by atoms with E-state index < -0.39 is 5.92 Å². The third-order valence-corrected chi connectivity index (χ3v) is 2.67. The van der Waals surface area contributed by atoms with Crippen LogP contribution in [0.5, 0.6) is 0 Å². The summed E-state index contributed by atoms with van der Waals surface area (Å²) in [5.74, 6) is -1.88. The van der Waals surface area contributed by atoms with Crippen LogP contribution >= 0.6 is 0 Å². The number of aromatic nitrogens is 1. The smallest absolute Gasteiger partial charge is 0.265 e. The number of aryl methyl sites for hydroxylation is 1. The molecule has 0 unspecified atom stereocenters. The van der Waals surface area contributed by atoms with Crippen molar-refractivity contribution in [2.45, 2.75) is 25.7 Å². The first-order valence-corrected chi connectivity index (χ1v) is 5.13. The molecule has 1 fully saturated rings. The lowest BCUT2D eigenvalue weighted by molar-refractivity contribution is -0.0118. The predicted molar refractivity (Wildman–Crippen MR) is 55.4 cm³/mol. The number of halogens is 2. The molecular formula is C11H14F2N2. The molecule has 0 aliphatic carbocycles. The van der Waals surface area contributed by atoms with Crippen molar-refractivity contribution in [2.24, 2.45) is 0 Å². The van der Waals surface area contributed by atoms with Crippen LogP contribution in [-0.2, 0) is 0 Å². The number of anilines is 1. The summed E-state index contributed by atoms with van der Waals surface area (Å²) in [6.07, 6.45) is 2.17. The van der Waals surface area contributed by atoms with Gasteiger partial charge in [-0.2, -0.15) is 0 Å². The summed E-state index contributed by atoms with van der Waals surface area (Å²) in [5, 5.41) is 0. The van der Waals surface area contributed by atoms with Crippen LogP contribution < -0.4 is 4.90 Å². The van der Waals surface area contributed by atoms with Crippen molar-refractivity contribution in [1.82, 2.24) is 4.98 Å². The fourth-order valence-electron chi connectivity index (χ4n) is 1.96. The normalized spacial score (nSPS) is 20.3. The van der Waals surface area contributed by atoms with Crippen LogP contribution in [0, 0.1) is 6.92 Å². The molecule has 0 saturated carbocycles. The van der Waals surface area contributed by atoms with Gasteiger partial charge in [-0.3, -0.25) is 0 Å². The topological polar surface area (TPSA) is 16.1 Å². The first-order valence-electron chi connectivity index (χ1n) is 5.13. The number of hydrogen-bond donors (Lipinski definition) is 0. The van der Waals surface area contributed by atoms with E-state index in [1.165, 1.54) is 0 Å². The van der Waals surface area contributed by atoms with Crippen molar-refractivity contribution in [3.8, 4) is 0 Å². The lowest BCUT2D eigenvalue weighted by atomic mass is 10.1. The molecule has 0 aromatic carbocycles. The van der Waals surface area contributed by atoms with Crippen molar-refractivity contribution in [1.29, 1.82) is 0 Å². The molecule has 0 amide bonds. The van der Waals surface area contributed by atoms with E-state index in [2.05, 4.69) is 4.98 Å². The Morgan fingerprint density at radius 3 is 2.93 bits per heavy atom. The highest BCUT2D eigenvalue weighted by molar-refractivity contribution is 5.46. The van der Waals surface area contributed by atoms with Gasteiger partial charge in [0.15, 0.2) is 0 Å². The second-order valence-electron chi connectivity index (χ2n) is 4.02. The number of hydrogen-bond acceptors (Lipinski definition) is 2. The highest BCUT2D eigenvalue weighted by atomic mass is 19.3. The van der Waals surface area contributed by atoms with E-state index >= 15 is 0 Å². The summed E-state index contributed by atoms with van der Waals surface area (Å²) >= 11 is 0. The fourth-order valence-corrected chi connectivity index (χ4v) is 1.96. The van der Waals surface area contributed by atoms with Gasteiger partial charge in [0.05, 0.1) is 6.54 Å². The Morgan fingerprint density at radius 1 is 1.47 bits per heavy atom. The van der Waals surface area contributed by atoms with Gasteiger partial charge in [0.1, 0.15) is 5.82 Å². The van der Waals surface area contributed by atoms with Crippen molar-refractivity contribution < 1.29 is 8.78 Å². The van der Waals surface area contributed by atoms with Gasteiger partial charge in [-0.15, -0.1) is 0 Å². The average molecular weight is 212 g/mol. The van der Waals surface area contributed by atoms with Crippen LogP contribution in [0.25, 0.3) is 0 Å². The van der Waals surface area contributed by atoms with Crippen LogP contribution in [0.2, 0.25) is 0 Å². The number of nitrogens with zero attached hydrogens (tertiary/aromatic N) is 2. The molecule has 2 nitrogen and oxygen atoms in total. The Bertz CT molecular complexity index is 352. The number of alkyl halides is 2. The van der Waals surface area contributed by atoms with Gasteiger partial charge in [-0.25, -0.2) is 13.8 Å². The van der Waals surface area contributed by atoms with Crippen LogP contribution in [0.15, 0.2) is 18.3 Å². The number of pyridine rings is 1. The summed E-state index contributed by atoms with van der Waals surface area (Å²) in [6, 6.07) is 3.72. The molecule has 1 aliphatic heterocycles. The largest absolute Gasteiger partial charge is 0.350 e. The minimum atomic E-state index is -2.57. The minimum absolute atomic E-state index is 0.00458. The first kappa shape index (κ1) is 10.3. The monoisotopic (exact) mass is 212 g/mol. The van der Waals surface area contributed by atoms with Gasteiger partial charge in [0.2, 0.25) is 0 Å². The van der Waals surface area contributed by atoms with Gasteiger partial charge in [0.25, 0.3) is 5.92 Å². The summed E-state index contributed by atoms with van der Waals surface area (Å²) in [6.45, 7) is 2.37. The highest BCUT2D eigenvalue weighted by Crippen LogP contribution is 2.30. The van der Waals surface area contributed by atoms with E-state index in [0.29, 0.717) is 18.8 Å². The van der Waals surface area contributed by atoms with Crippen LogP contribution in [-0.4, -0.2) is 24.0 Å². The fraction of sp³-hybridized carbons (Fsp3) is 0.545. The maximum atomic E-state index is 13.2. The molecule has 0 spiro atoms. The predicted octanol–water partition coefficient (Wildman–Crippen LogP) is 2.63. The quantitative estimate of drug-likeness (QED) is 0.711. The van der Waals surface area contributed by atoms with Crippen LogP contribution in [0.3, 0.4) is 0 Å². The SMILES string of the molecule is Cc1cccnc1N1CCCC(F)(F)C1. The van der Waals surface area contributed by atoms with E-state index in [1.54, 1.807) is 11.1 Å². The molecule has 0 bridgehead atoms. The Labute approximate surface area is 87.9 Å². The molecule has 0 radical (unpaired) electrons. The molecule has 0 N–H and O–H groups in total. The molecule has 2 heterocycles. The van der Waals surface area contributed by atoms with E-state index in [-0.39, 0.29) is 13.0 Å². The lowest BCUT2D eigenvalue weighted by Crippen LogP contribution is -2.43. The third kappa shape index (κ3) is 2.25. The maximum Gasteiger partial charge on any atom is 0.265 e. The van der Waals surface area contributed by atoms with E-state index in [9.17, 15) is 8.78 Å². The second-order valence-corrected chi connectivity index (χ2v) is 4.02. The van der Waals surface area contributed by atoms with Gasteiger partial charge >= 0.3 is 0 Å². The molecule has 2 rings (SSSR count). The van der Waals surface area contributed by atoms with Gasteiger partial charge in [-0.05, 0) is 25.0 Å². The van der Waals surface area contributed by atoms with Crippen molar-refractivity contribution in [3.05, 3.63) is 23.9 Å². The zero-order valence-corrected chi connectivity index (χ0v) is 8.71. The molecule has 1 aromatic heterocycles. The molecular weight excluding hydrogens is 198 g/mol. The number of rotatable bonds is 1. The lowest BCUT2D eigenvalue weighted by Gasteiger charge is -2.33. The van der Waals surface area contributed by atoms with E-state index in [1.807, 2.05) is 19.1 Å². The van der Waals surface area contributed by atoms with Crippen molar-refractivity contribution in [3.63, 3.8) is 0 Å². The molecule has 1 aliphatic rings. The average Bonchev–Trinajstić information content (AvgIpc) is 2.17. The van der Waals surface area contributed by atoms with Gasteiger partial charge in [0, 0.05) is 19.2 Å². The van der Waals surface area contributed by atoms with Crippen molar-refractivity contribution >= 4 is 5.82 Å². The van der Waals surface area contributed by atoms with E-state index in [0.717, 1.165) is 5.56 Å². The van der Waals surface area contributed by atoms with E-state index in [4.69, 9.17) is 0 Å². The zero-order valence-electron chi connectivity index (χ0n) is 8.71. The Balaban J connectivity index is 2.21. The molecule has 1 saturated heterocycles. The minimum Gasteiger partial charge on any atom is -0.350 e. The molecule has 1 aromatic rings.